The van der Waals surface area contributed by atoms with E-state index in [-0.39, 0.29) is 13.0 Å². The molecule has 4 N–H and O–H groups in total. The number of aromatic nitrogens is 4. The van der Waals surface area contributed by atoms with Gasteiger partial charge in [-0.3, -0.25) is 0 Å². The topological polar surface area (TPSA) is 124 Å². The quantitative estimate of drug-likeness (QED) is 0.440. The zero-order valence-corrected chi connectivity index (χ0v) is 7.82. The van der Waals surface area contributed by atoms with Gasteiger partial charge in [0.1, 0.15) is 18.3 Å². The number of nitrogens with zero attached hydrogens (tertiary/aromatic N) is 3. The number of hydrogen-bond donors (Lipinski definition) is 4. The second-order valence-corrected chi connectivity index (χ2v) is 3.41. The Labute approximate surface area is 84.9 Å². The smallest absolute Gasteiger partial charge is 0.203 e. The molecule has 2 rings (SSSR count). The molecule has 1 aliphatic heterocycles. The maximum absolute atomic E-state index is 9.52. The van der Waals surface area contributed by atoms with Crippen LogP contribution in [-0.4, -0.2) is 60.9 Å². The molecule has 1 aliphatic rings. The summed E-state index contributed by atoms with van der Waals surface area (Å²) in [6.45, 7) is -0.368. The Morgan fingerprint density at radius 2 is 2.27 bits per heavy atom. The van der Waals surface area contributed by atoms with Crippen LogP contribution in [0.4, 0.5) is 0 Å². The predicted octanol–water partition coefficient (Wildman–Crippen LogP) is -2.26. The molecule has 15 heavy (non-hydrogen) atoms. The van der Waals surface area contributed by atoms with Crippen molar-refractivity contribution in [3.05, 3.63) is 5.82 Å². The summed E-state index contributed by atoms with van der Waals surface area (Å²) in [5.74, 6) is 0.305. The van der Waals surface area contributed by atoms with Gasteiger partial charge in [0.2, 0.25) is 5.82 Å². The molecule has 0 amide bonds. The largest absolute Gasteiger partial charge is 0.394 e. The zero-order chi connectivity index (χ0) is 10.8. The number of aromatic amines is 1. The van der Waals surface area contributed by atoms with Crippen LogP contribution in [-0.2, 0) is 4.74 Å². The zero-order valence-electron chi connectivity index (χ0n) is 7.82. The van der Waals surface area contributed by atoms with Crippen molar-refractivity contribution in [1.82, 2.24) is 20.6 Å². The number of H-pyrrole nitrogens is 1. The third-order valence-corrected chi connectivity index (χ3v) is 2.40. The maximum atomic E-state index is 9.52. The first-order valence-electron chi connectivity index (χ1n) is 4.58. The van der Waals surface area contributed by atoms with Crippen LogP contribution in [0, 0.1) is 0 Å². The summed E-state index contributed by atoms with van der Waals surface area (Å²) < 4.78 is 5.32. The van der Waals surface area contributed by atoms with Crippen molar-refractivity contribution in [2.45, 2.75) is 30.8 Å². The Morgan fingerprint density at radius 3 is 2.87 bits per heavy atom. The number of nitrogens with one attached hydrogen (secondary N) is 1. The lowest BCUT2D eigenvalue weighted by Gasteiger charge is -2.34. The summed E-state index contributed by atoms with van der Waals surface area (Å²) in [7, 11) is 0. The van der Waals surface area contributed by atoms with Crippen LogP contribution in [0.15, 0.2) is 0 Å². The van der Waals surface area contributed by atoms with Crippen molar-refractivity contribution in [3.8, 4) is 0 Å². The van der Waals surface area contributed by atoms with E-state index in [4.69, 9.17) is 9.84 Å². The second-order valence-electron chi connectivity index (χ2n) is 3.41. The van der Waals surface area contributed by atoms with Crippen molar-refractivity contribution >= 4 is 0 Å². The fraction of sp³-hybridized carbons (Fsp3) is 0.857. The highest BCUT2D eigenvalue weighted by molar-refractivity contribution is 4.93. The number of aliphatic hydroxyl groups is 3. The molecule has 1 aromatic heterocycles. The summed E-state index contributed by atoms with van der Waals surface area (Å²) in [4.78, 5) is 0. The highest BCUT2D eigenvalue weighted by Crippen LogP contribution is 2.29. The van der Waals surface area contributed by atoms with Gasteiger partial charge in [-0.25, -0.2) is 0 Å². The molecule has 0 unspecified atom stereocenters. The standard InChI is InChI=1S/C7H12N4O4/c12-2-5-6(14)3(13)1-4(15-5)7-8-10-11-9-7/h3-6,12-14H,1-2H2,(H,8,9,10,11)/t3-,4-,5-,6+/m1/s1. The number of aliphatic hydroxyl groups excluding tert-OH is 3. The molecule has 0 aromatic carbocycles. The Balaban J connectivity index is 2.10. The molecule has 1 fully saturated rings. The van der Waals surface area contributed by atoms with E-state index < -0.39 is 24.4 Å². The summed E-state index contributed by atoms with van der Waals surface area (Å²) in [5, 5.41) is 41.0. The molecule has 0 radical (unpaired) electrons. The molecule has 4 atom stereocenters. The fourth-order valence-corrected chi connectivity index (χ4v) is 1.58. The molecule has 0 bridgehead atoms. The minimum absolute atomic E-state index is 0.178. The molecule has 1 aromatic rings. The average molecular weight is 216 g/mol. The van der Waals surface area contributed by atoms with Crippen LogP contribution in [0.3, 0.4) is 0 Å². The van der Waals surface area contributed by atoms with Gasteiger partial charge in [0.25, 0.3) is 0 Å². The second kappa shape index (κ2) is 4.19. The van der Waals surface area contributed by atoms with Crippen molar-refractivity contribution in [3.63, 3.8) is 0 Å². The van der Waals surface area contributed by atoms with Gasteiger partial charge in [0, 0.05) is 6.42 Å². The lowest BCUT2D eigenvalue weighted by atomic mass is 9.98. The van der Waals surface area contributed by atoms with E-state index in [1.165, 1.54) is 0 Å². The van der Waals surface area contributed by atoms with Gasteiger partial charge in [-0.2, -0.15) is 5.21 Å². The van der Waals surface area contributed by atoms with E-state index in [0.717, 1.165) is 0 Å². The van der Waals surface area contributed by atoms with Gasteiger partial charge in [-0.05, 0) is 0 Å². The molecule has 8 heteroatoms. The number of ether oxygens (including phenoxy) is 1. The molecular formula is C7H12N4O4. The van der Waals surface area contributed by atoms with Crippen LogP contribution >= 0.6 is 0 Å². The van der Waals surface area contributed by atoms with Gasteiger partial charge in [0.05, 0.1) is 12.7 Å². The lowest BCUT2D eigenvalue weighted by Crippen LogP contribution is -2.47. The van der Waals surface area contributed by atoms with Crippen molar-refractivity contribution < 1.29 is 20.1 Å². The van der Waals surface area contributed by atoms with Gasteiger partial charge < -0.3 is 20.1 Å². The number of hydrogen-bond acceptors (Lipinski definition) is 7. The van der Waals surface area contributed by atoms with E-state index in [0.29, 0.717) is 5.82 Å². The molecule has 0 spiro atoms. The summed E-state index contributed by atoms with van der Waals surface area (Å²) in [5.41, 5.74) is 0. The van der Waals surface area contributed by atoms with Crippen LogP contribution in [0.2, 0.25) is 0 Å². The van der Waals surface area contributed by atoms with E-state index >= 15 is 0 Å². The molecule has 84 valence electrons. The first-order chi connectivity index (χ1) is 7.22. The highest BCUT2D eigenvalue weighted by Gasteiger charge is 2.38. The number of tetrazole rings is 1. The van der Waals surface area contributed by atoms with Gasteiger partial charge >= 0.3 is 0 Å². The number of rotatable bonds is 2. The van der Waals surface area contributed by atoms with Crippen molar-refractivity contribution in [2.24, 2.45) is 0 Å². The molecule has 0 saturated carbocycles. The monoisotopic (exact) mass is 216 g/mol. The van der Waals surface area contributed by atoms with Crippen molar-refractivity contribution in [1.29, 1.82) is 0 Å². The van der Waals surface area contributed by atoms with Crippen LogP contribution < -0.4 is 0 Å². The minimum Gasteiger partial charge on any atom is -0.394 e. The van der Waals surface area contributed by atoms with Crippen LogP contribution in [0.5, 0.6) is 0 Å². The molecule has 0 aliphatic carbocycles. The highest BCUT2D eigenvalue weighted by atomic mass is 16.5. The van der Waals surface area contributed by atoms with Gasteiger partial charge in [-0.1, -0.05) is 5.21 Å². The first kappa shape index (κ1) is 10.4. The lowest BCUT2D eigenvalue weighted by molar-refractivity contribution is -0.183. The Bertz CT molecular complexity index is 306. The average Bonchev–Trinajstić information content (AvgIpc) is 2.75. The molecule has 1 saturated heterocycles. The van der Waals surface area contributed by atoms with Gasteiger partial charge in [0.15, 0.2) is 0 Å². The Kier molecular flexibility index (Phi) is 2.91. The van der Waals surface area contributed by atoms with E-state index in [1.54, 1.807) is 0 Å². The van der Waals surface area contributed by atoms with Crippen LogP contribution in [0.25, 0.3) is 0 Å². The van der Waals surface area contributed by atoms with Gasteiger partial charge in [-0.15, -0.1) is 10.2 Å². The third-order valence-electron chi connectivity index (χ3n) is 2.40. The summed E-state index contributed by atoms with van der Waals surface area (Å²) in [6.07, 6.45) is -3.24. The first-order valence-corrected chi connectivity index (χ1v) is 4.58. The Hall–Kier alpha value is -1.09. The predicted molar refractivity (Wildman–Crippen MR) is 45.5 cm³/mol. The third kappa shape index (κ3) is 1.97. The summed E-state index contributed by atoms with van der Waals surface area (Å²) in [6, 6.07) is 0. The Morgan fingerprint density at radius 1 is 1.47 bits per heavy atom. The van der Waals surface area contributed by atoms with E-state index in [1.807, 2.05) is 0 Å². The van der Waals surface area contributed by atoms with Crippen molar-refractivity contribution in [2.75, 3.05) is 6.61 Å². The molecular weight excluding hydrogens is 204 g/mol. The van der Waals surface area contributed by atoms with E-state index in [2.05, 4.69) is 20.6 Å². The molecule has 8 nitrogen and oxygen atoms in total. The van der Waals surface area contributed by atoms with Crippen LogP contribution in [0.1, 0.15) is 18.3 Å². The fourth-order valence-electron chi connectivity index (χ4n) is 1.58. The van der Waals surface area contributed by atoms with E-state index in [9.17, 15) is 10.2 Å². The SMILES string of the molecule is OC[C@H]1O[C@@H](c2nn[nH]n2)C[C@@H](O)[C@@H]1O. The minimum atomic E-state index is -1.09. The maximum Gasteiger partial charge on any atom is 0.203 e. The summed E-state index contributed by atoms with van der Waals surface area (Å²) >= 11 is 0. The normalized spacial score (nSPS) is 36.7. The molecule has 2 heterocycles.